The molecule has 0 unspecified atom stereocenters. The minimum absolute atomic E-state index is 0.314. The first-order valence-corrected chi connectivity index (χ1v) is 8.62. The summed E-state index contributed by atoms with van der Waals surface area (Å²) in [5.74, 6) is 0.314. The number of sulfonamides is 1. The van der Waals surface area contributed by atoms with Gasteiger partial charge in [-0.15, -0.1) is 0 Å². The molecule has 0 spiro atoms. The van der Waals surface area contributed by atoms with Crippen LogP contribution in [0.5, 0.6) is 0 Å². The van der Waals surface area contributed by atoms with Crippen LogP contribution in [0, 0.1) is 5.92 Å². The molecule has 0 radical (unpaired) electrons. The summed E-state index contributed by atoms with van der Waals surface area (Å²) < 4.78 is 24.5. The maximum Gasteiger partial charge on any atom is 0.211 e. The molecule has 3 heterocycles. The fourth-order valence-electron chi connectivity index (χ4n) is 2.56. The number of nitrogens with one attached hydrogen (secondary N) is 1. The zero-order valence-corrected chi connectivity index (χ0v) is 12.5. The van der Waals surface area contributed by atoms with Gasteiger partial charge in [-0.2, -0.15) is 5.10 Å². The number of aromatic nitrogens is 4. The predicted octanol–water partition coefficient (Wildman–Crippen LogP) is 0.691. The maximum atomic E-state index is 11.5. The lowest BCUT2D eigenvalue weighted by atomic mass is 10.0. The quantitative estimate of drug-likeness (QED) is 0.897. The molecule has 0 bridgehead atoms. The zero-order valence-electron chi connectivity index (χ0n) is 11.7. The van der Waals surface area contributed by atoms with Crippen LogP contribution in [0.25, 0.3) is 11.3 Å². The van der Waals surface area contributed by atoms with Crippen LogP contribution >= 0.6 is 0 Å². The molecule has 0 aromatic carbocycles. The molecule has 112 valence electrons. The highest BCUT2D eigenvalue weighted by Crippen LogP contribution is 2.22. The van der Waals surface area contributed by atoms with Crippen molar-refractivity contribution in [3.05, 3.63) is 30.5 Å². The van der Waals surface area contributed by atoms with E-state index >= 15 is 0 Å². The second-order valence-electron chi connectivity index (χ2n) is 5.36. The van der Waals surface area contributed by atoms with Gasteiger partial charge in [-0.1, -0.05) is 0 Å². The summed E-state index contributed by atoms with van der Waals surface area (Å²) in [6.45, 7) is 1.17. The van der Waals surface area contributed by atoms with E-state index in [4.69, 9.17) is 0 Å². The Kier molecular flexibility index (Phi) is 3.73. The van der Waals surface area contributed by atoms with Crippen LogP contribution < -0.4 is 0 Å². The molecule has 2 aromatic rings. The van der Waals surface area contributed by atoms with Crippen molar-refractivity contribution in [1.82, 2.24) is 24.5 Å². The minimum atomic E-state index is -3.08. The summed E-state index contributed by atoms with van der Waals surface area (Å²) >= 11 is 0. The number of nitrogens with zero attached hydrogens (tertiary/aromatic N) is 4. The van der Waals surface area contributed by atoms with Crippen molar-refractivity contribution >= 4 is 10.0 Å². The van der Waals surface area contributed by atoms with E-state index in [1.807, 2.05) is 0 Å². The van der Waals surface area contributed by atoms with E-state index in [0.29, 0.717) is 19.0 Å². The Labute approximate surface area is 123 Å². The van der Waals surface area contributed by atoms with Crippen molar-refractivity contribution in [3.8, 4) is 11.3 Å². The fraction of sp³-hybridized carbons (Fsp3) is 0.462. The molecule has 0 aliphatic carbocycles. The summed E-state index contributed by atoms with van der Waals surface area (Å²) in [4.78, 5) is 8.79. The van der Waals surface area contributed by atoms with Crippen molar-refractivity contribution in [2.75, 3.05) is 19.3 Å². The van der Waals surface area contributed by atoms with E-state index in [2.05, 4.69) is 20.2 Å². The molecule has 3 rings (SSSR count). The summed E-state index contributed by atoms with van der Waals surface area (Å²) in [5, 5.41) is 6.62. The van der Waals surface area contributed by atoms with Crippen LogP contribution in [0.2, 0.25) is 0 Å². The molecule has 1 N–H and O–H groups in total. The Morgan fingerprint density at radius 2 is 2.19 bits per heavy atom. The molecule has 0 amide bonds. The Hall–Kier alpha value is -1.80. The first-order chi connectivity index (χ1) is 10.0. The van der Waals surface area contributed by atoms with Crippen molar-refractivity contribution in [2.24, 2.45) is 5.92 Å². The Morgan fingerprint density at radius 1 is 1.33 bits per heavy atom. The van der Waals surface area contributed by atoms with Crippen molar-refractivity contribution < 1.29 is 8.42 Å². The highest BCUT2D eigenvalue weighted by Gasteiger charge is 2.28. The molecule has 0 saturated carbocycles. The molecule has 2 aromatic heterocycles. The third-order valence-electron chi connectivity index (χ3n) is 3.71. The van der Waals surface area contributed by atoms with E-state index in [9.17, 15) is 8.42 Å². The molecule has 1 saturated heterocycles. The third kappa shape index (κ3) is 3.27. The topological polar surface area (TPSA) is 91.8 Å². The lowest BCUT2D eigenvalue weighted by molar-refractivity contribution is 0.459. The SMILES string of the molecule is CS(=O)(=O)N1CC[C@H](Cc2cnc(-c3cn[nH]c3)cn2)C1. The van der Waals surface area contributed by atoms with Crippen LogP contribution in [-0.4, -0.2) is 52.2 Å². The Morgan fingerprint density at radius 3 is 2.76 bits per heavy atom. The van der Waals surface area contributed by atoms with Gasteiger partial charge in [-0.05, 0) is 18.8 Å². The van der Waals surface area contributed by atoms with Gasteiger partial charge in [0.05, 0.1) is 30.0 Å². The molecular formula is C13H17N5O2S. The lowest BCUT2D eigenvalue weighted by Gasteiger charge is -2.13. The summed E-state index contributed by atoms with van der Waals surface area (Å²) in [6, 6.07) is 0. The standard InChI is InChI=1S/C13H17N5O2S/c1-21(19,20)18-3-2-10(9-18)4-12-7-15-13(8-14-12)11-5-16-17-6-11/h5-8,10H,2-4,9H2,1H3,(H,16,17)/t10-/m1/s1. The van der Waals surface area contributed by atoms with E-state index in [-0.39, 0.29) is 0 Å². The van der Waals surface area contributed by atoms with Crippen molar-refractivity contribution in [1.29, 1.82) is 0 Å². The fourth-order valence-corrected chi connectivity index (χ4v) is 3.48. The second kappa shape index (κ2) is 5.53. The average molecular weight is 307 g/mol. The summed E-state index contributed by atoms with van der Waals surface area (Å²) in [6.07, 6.45) is 9.84. The molecule has 21 heavy (non-hydrogen) atoms. The Bertz CT molecular complexity index is 697. The lowest BCUT2D eigenvalue weighted by Crippen LogP contribution is -2.27. The summed E-state index contributed by atoms with van der Waals surface area (Å²) in [7, 11) is -3.08. The van der Waals surface area contributed by atoms with E-state index in [0.717, 1.165) is 29.8 Å². The molecule has 1 aliphatic heterocycles. The number of hydrogen-bond donors (Lipinski definition) is 1. The van der Waals surface area contributed by atoms with Crippen molar-refractivity contribution in [2.45, 2.75) is 12.8 Å². The number of rotatable bonds is 4. The summed E-state index contributed by atoms with van der Waals surface area (Å²) in [5.41, 5.74) is 2.57. The first-order valence-electron chi connectivity index (χ1n) is 6.77. The van der Waals surface area contributed by atoms with Gasteiger partial charge in [0.15, 0.2) is 0 Å². The van der Waals surface area contributed by atoms with Crippen LogP contribution in [0.15, 0.2) is 24.8 Å². The van der Waals surface area contributed by atoms with Gasteiger partial charge >= 0.3 is 0 Å². The number of aromatic amines is 1. The van der Waals surface area contributed by atoms with E-state index in [1.165, 1.54) is 10.6 Å². The minimum Gasteiger partial charge on any atom is -0.285 e. The number of hydrogen-bond acceptors (Lipinski definition) is 5. The Balaban J connectivity index is 1.64. The molecular weight excluding hydrogens is 290 g/mol. The van der Waals surface area contributed by atoms with Gasteiger partial charge in [0.25, 0.3) is 0 Å². The highest BCUT2D eigenvalue weighted by atomic mass is 32.2. The number of H-pyrrole nitrogens is 1. The second-order valence-corrected chi connectivity index (χ2v) is 7.34. The molecule has 1 atom stereocenters. The smallest absolute Gasteiger partial charge is 0.211 e. The van der Waals surface area contributed by atoms with Crippen LogP contribution in [0.4, 0.5) is 0 Å². The first kappa shape index (κ1) is 14.2. The van der Waals surface area contributed by atoms with Gasteiger partial charge in [0, 0.05) is 31.0 Å². The normalized spacial score (nSPS) is 20.0. The maximum absolute atomic E-state index is 11.5. The zero-order chi connectivity index (χ0) is 14.9. The van der Waals surface area contributed by atoms with E-state index < -0.39 is 10.0 Å². The van der Waals surface area contributed by atoms with Crippen molar-refractivity contribution in [3.63, 3.8) is 0 Å². The molecule has 1 aliphatic rings. The van der Waals surface area contributed by atoms with Gasteiger partial charge in [-0.25, -0.2) is 12.7 Å². The van der Waals surface area contributed by atoms with Crippen LogP contribution in [0.1, 0.15) is 12.1 Å². The third-order valence-corrected chi connectivity index (χ3v) is 4.98. The molecule has 7 nitrogen and oxygen atoms in total. The van der Waals surface area contributed by atoms with Crippen LogP contribution in [0.3, 0.4) is 0 Å². The molecule has 8 heteroatoms. The predicted molar refractivity (Wildman–Crippen MR) is 77.8 cm³/mol. The van der Waals surface area contributed by atoms with Gasteiger partial charge in [0.2, 0.25) is 10.0 Å². The van der Waals surface area contributed by atoms with Gasteiger partial charge in [0.1, 0.15) is 0 Å². The molecule has 1 fully saturated rings. The van der Waals surface area contributed by atoms with E-state index in [1.54, 1.807) is 24.8 Å². The monoisotopic (exact) mass is 307 g/mol. The highest BCUT2D eigenvalue weighted by molar-refractivity contribution is 7.88. The largest absolute Gasteiger partial charge is 0.285 e. The van der Waals surface area contributed by atoms with Gasteiger partial charge in [-0.3, -0.25) is 15.1 Å². The van der Waals surface area contributed by atoms with Gasteiger partial charge < -0.3 is 0 Å². The van der Waals surface area contributed by atoms with Crippen LogP contribution in [-0.2, 0) is 16.4 Å². The average Bonchev–Trinajstić information content (AvgIpc) is 3.09.